The minimum atomic E-state index is -0.123. The summed E-state index contributed by atoms with van der Waals surface area (Å²) in [5.74, 6) is -0.0678. The van der Waals surface area contributed by atoms with Crippen LogP contribution in [0, 0.1) is 0 Å². The van der Waals surface area contributed by atoms with Crippen molar-refractivity contribution in [1.29, 1.82) is 0 Å². The molecule has 0 atom stereocenters. The van der Waals surface area contributed by atoms with Crippen molar-refractivity contribution in [2.75, 3.05) is 6.61 Å². The molecule has 0 saturated heterocycles. The highest BCUT2D eigenvalue weighted by Crippen LogP contribution is 2.18. The van der Waals surface area contributed by atoms with Gasteiger partial charge in [-0.05, 0) is 5.39 Å². The molecule has 1 N–H and O–H groups in total. The highest BCUT2D eigenvalue weighted by Gasteiger charge is 2.09. The molecular formula is C12H11NO2. The van der Waals surface area contributed by atoms with Gasteiger partial charge in [0.1, 0.15) is 0 Å². The summed E-state index contributed by atoms with van der Waals surface area (Å²) in [5.41, 5.74) is 0.585. The molecule has 0 fully saturated rings. The van der Waals surface area contributed by atoms with Gasteiger partial charge in [-0.3, -0.25) is 9.78 Å². The zero-order chi connectivity index (χ0) is 10.7. The average molecular weight is 201 g/mol. The Labute approximate surface area is 87.4 Å². The van der Waals surface area contributed by atoms with E-state index in [0.29, 0.717) is 5.56 Å². The normalized spacial score (nSPS) is 10.5. The van der Waals surface area contributed by atoms with Crippen LogP contribution in [-0.2, 0) is 0 Å². The van der Waals surface area contributed by atoms with Crippen molar-refractivity contribution >= 4 is 16.6 Å². The highest BCUT2D eigenvalue weighted by atomic mass is 16.3. The van der Waals surface area contributed by atoms with Crippen LogP contribution in [0.3, 0.4) is 0 Å². The number of rotatable bonds is 3. The lowest BCUT2D eigenvalue weighted by Gasteiger charge is -2.03. The molecule has 1 aromatic carbocycles. The van der Waals surface area contributed by atoms with Crippen molar-refractivity contribution in [1.82, 2.24) is 4.98 Å². The van der Waals surface area contributed by atoms with Gasteiger partial charge in [-0.15, -0.1) is 0 Å². The molecule has 0 amide bonds. The first kappa shape index (κ1) is 9.80. The van der Waals surface area contributed by atoms with Crippen molar-refractivity contribution in [3.8, 4) is 0 Å². The van der Waals surface area contributed by atoms with E-state index in [-0.39, 0.29) is 18.8 Å². The molecule has 3 heteroatoms. The van der Waals surface area contributed by atoms with Crippen LogP contribution < -0.4 is 0 Å². The Kier molecular flexibility index (Phi) is 2.74. The predicted molar refractivity (Wildman–Crippen MR) is 57.8 cm³/mol. The van der Waals surface area contributed by atoms with Crippen molar-refractivity contribution in [3.05, 3.63) is 42.2 Å². The van der Waals surface area contributed by atoms with Gasteiger partial charge in [0.2, 0.25) is 0 Å². The topological polar surface area (TPSA) is 50.2 Å². The number of aliphatic hydroxyl groups excluding tert-OH is 1. The van der Waals surface area contributed by atoms with Crippen LogP contribution in [-0.4, -0.2) is 22.5 Å². The molecule has 0 aliphatic heterocycles. The van der Waals surface area contributed by atoms with Crippen molar-refractivity contribution in [3.63, 3.8) is 0 Å². The summed E-state index contributed by atoms with van der Waals surface area (Å²) in [6.07, 6.45) is 3.43. The van der Waals surface area contributed by atoms with E-state index >= 15 is 0 Å². The van der Waals surface area contributed by atoms with Crippen LogP contribution in [0.2, 0.25) is 0 Å². The van der Waals surface area contributed by atoms with E-state index in [1.54, 1.807) is 12.4 Å². The summed E-state index contributed by atoms with van der Waals surface area (Å²) >= 11 is 0. The molecule has 0 aliphatic carbocycles. The number of aliphatic hydroxyl groups is 1. The van der Waals surface area contributed by atoms with Gasteiger partial charge in [0, 0.05) is 29.8 Å². The number of hydrogen-bond acceptors (Lipinski definition) is 3. The van der Waals surface area contributed by atoms with Gasteiger partial charge in [0.05, 0.1) is 6.61 Å². The predicted octanol–water partition coefficient (Wildman–Crippen LogP) is 1.80. The Morgan fingerprint density at radius 2 is 2.07 bits per heavy atom. The van der Waals surface area contributed by atoms with E-state index in [9.17, 15) is 4.79 Å². The first-order valence-electron chi connectivity index (χ1n) is 4.80. The molecule has 0 spiro atoms. The Morgan fingerprint density at radius 1 is 1.27 bits per heavy atom. The molecule has 3 nitrogen and oxygen atoms in total. The molecule has 1 heterocycles. The number of benzene rings is 1. The summed E-state index contributed by atoms with van der Waals surface area (Å²) in [6.45, 7) is -0.123. The molecule has 0 bridgehead atoms. The summed E-state index contributed by atoms with van der Waals surface area (Å²) in [7, 11) is 0. The molecule has 0 saturated carbocycles. The van der Waals surface area contributed by atoms with Crippen molar-refractivity contribution < 1.29 is 9.90 Å². The second-order valence-corrected chi connectivity index (χ2v) is 3.30. The number of hydrogen-bond donors (Lipinski definition) is 1. The Morgan fingerprint density at radius 3 is 2.87 bits per heavy atom. The molecule has 1 aromatic heterocycles. The number of carbonyl (C=O) groups is 1. The van der Waals surface area contributed by atoms with Gasteiger partial charge in [0.15, 0.2) is 5.78 Å². The van der Waals surface area contributed by atoms with Crippen molar-refractivity contribution in [2.45, 2.75) is 6.42 Å². The van der Waals surface area contributed by atoms with Gasteiger partial charge in [-0.1, -0.05) is 24.3 Å². The summed E-state index contributed by atoms with van der Waals surface area (Å²) < 4.78 is 0. The monoisotopic (exact) mass is 201 g/mol. The molecule has 0 radical (unpaired) electrons. The van der Waals surface area contributed by atoms with Gasteiger partial charge in [0.25, 0.3) is 0 Å². The van der Waals surface area contributed by atoms with Crippen LogP contribution in [0.15, 0.2) is 36.7 Å². The fraction of sp³-hybridized carbons (Fsp3) is 0.167. The maximum Gasteiger partial charge on any atom is 0.167 e. The lowest BCUT2D eigenvalue weighted by Crippen LogP contribution is -2.03. The Bertz CT molecular complexity index is 488. The standard InChI is InChI=1S/C12H11NO2/c14-6-5-12(15)11-8-13-7-9-3-1-2-4-10(9)11/h1-4,7-8,14H,5-6H2. The summed E-state index contributed by atoms with van der Waals surface area (Å²) in [5, 5.41) is 10.6. The van der Waals surface area contributed by atoms with Gasteiger partial charge < -0.3 is 5.11 Å². The largest absolute Gasteiger partial charge is 0.396 e. The maximum atomic E-state index is 11.7. The SMILES string of the molecule is O=C(CCO)c1cncc2ccccc12. The van der Waals surface area contributed by atoms with Crippen LogP contribution in [0.5, 0.6) is 0 Å². The molecule has 0 aliphatic rings. The van der Waals surface area contributed by atoms with E-state index in [0.717, 1.165) is 10.8 Å². The lowest BCUT2D eigenvalue weighted by molar-refractivity contribution is 0.0958. The third-order valence-corrected chi connectivity index (χ3v) is 2.31. The van der Waals surface area contributed by atoms with Gasteiger partial charge in [-0.2, -0.15) is 0 Å². The van der Waals surface area contributed by atoms with Gasteiger partial charge >= 0.3 is 0 Å². The van der Waals surface area contributed by atoms with Crippen LogP contribution in [0.4, 0.5) is 0 Å². The first-order valence-corrected chi connectivity index (χ1v) is 4.80. The van der Waals surface area contributed by atoms with Gasteiger partial charge in [-0.25, -0.2) is 0 Å². The van der Waals surface area contributed by atoms with E-state index in [1.807, 2.05) is 24.3 Å². The maximum absolute atomic E-state index is 11.7. The van der Waals surface area contributed by atoms with Crippen LogP contribution >= 0.6 is 0 Å². The molecule has 0 unspecified atom stereocenters. The minimum absolute atomic E-state index is 0.0678. The highest BCUT2D eigenvalue weighted by molar-refractivity contribution is 6.07. The third-order valence-electron chi connectivity index (χ3n) is 2.31. The number of fused-ring (bicyclic) bond motifs is 1. The average Bonchev–Trinajstić information content (AvgIpc) is 2.28. The molecular weight excluding hydrogens is 190 g/mol. The van der Waals surface area contributed by atoms with Crippen LogP contribution in [0.1, 0.15) is 16.8 Å². The number of aromatic nitrogens is 1. The number of carbonyl (C=O) groups excluding carboxylic acids is 1. The second kappa shape index (κ2) is 4.19. The second-order valence-electron chi connectivity index (χ2n) is 3.30. The summed E-state index contributed by atoms with van der Waals surface area (Å²) in [6, 6.07) is 7.60. The fourth-order valence-corrected chi connectivity index (χ4v) is 1.57. The van der Waals surface area contributed by atoms with E-state index in [4.69, 9.17) is 5.11 Å². The van der Waals surface area contributed by atoms with Crippen LogP contribution in [0.25, 0.3) is 10.8 Å². The van der Waals surface area contributed by atoms with E-state index in [1.165, 1.54) is 0 Å². The molecule has 76 valence electrons. The van der Waals surface area contributed by atoms with E-state index < -0.39 is 0 Å². The zero-order valence-electron chi connectivity index (χ0n) is 8.18. The fourth-order valence-electron chi connectivity index (χ4n) is 1.57. The first-order chi connectivity index (χ1) is 7.33. The third kappa shape index (κ3) is 1.87. The number of pyridine rings is 1. The minimum Gasteiger partial charge on any atom is -0.396 e. The smallest absolute Gasteiger partial charge is 0.167 e. The Balaban J connectivity index is 2.56. The number of nitrogens with zero attached hydrogens (tertiary/aromatic N) is 1. The molecule has 2 aromatic rings. The Hall–Kier alpha value is -1.74. The quantitative estimate of drug-likeness (QED) is 0.770. The number of ketones is 1. The molecule has 15 heavy (non-hydrogen) atoms. The van der Waals surface area contributed by atoms with Crippen molar-refractivity contribution in [2.24, 2.45) is 0 Å². The number of Topliss-reactive ketones (excluding diaryl/α,β-unsaturated/α-hetero) is 1. The lowest BCUT2D eigenvalue weighted by atomic mass is 10.0. The zero-order valence-corrected chi connectivity index (χ0v) is 8.18. The summed E-state index contributed by atoms with van der Waals surface area (Å²) in [4.78, 5) is 15.7. The molecule has 2 rings (SSSR count). The van der Waals surface area contributed by atoms with E-state index in [2.05, 4.69) is 4.98 Å².